The molecule has 2 amide bonds. The number of alkyl halides is 9. The Bertz CT molecular complexity index is 2880. The molecule has 0 saturated carbocycles. The summed E-state index contributed by atoms with van der Waals surface area (Å²) in [4.78, 5) is 25.1. The zero-order chi connectivity index (χ0) is 56.7. The number of nitrogen functional groups attached to an aromatic ring is 1. The van der Waals surface area contributed by atoms with Gasteiger partial charge in [0.05, 0.1) is 10.6 Å². The minimum Gasteiger partial charge on any atom is -0.399 e. The maximum Gasteiger partial charge on any atom is 0.515 e. The molecular weight excluding hydrogens is 1180 g/mol. The molecule has 0 unspecified atom stereocenters. The summed E-state index contributed by atoms with van der Waals surface area (Å²) in [6.07, 6.45) is -2.38. The Labute approximate surface area is 481 Å². The highest BCUT2D eigenvalue weighted by molar-refractivity contribution is 6.67. The van der Waals surface area contributed by atoms with Gasteiger partial charge in [0.1, 0.15) is 17.5 Å². The van der Waals surface area contributed by atoms with Crippen LogP contribution in [0.2, 0.25) is 10.0 Å². The number of hydrogen-bond donors (Lipinski definition) is 3. The van der Waals surface area contributed by atoms with E-state index < -0.39 is 25.9 Å². The monoisotopic (exact) mass is 1220 g/mol. The van der Waals surface area contributed by atoms with Gasteiger partial charge in [0.25, 0.3) is 0 Å². The molecule has 6 aromatic carbocycles. The van der Waals surface area contributed by atoms with Crippen LogP contribution in [0.1, 0.15) is 64.6 Å². The SMILES string of the molecule is Cc1ccc(C(=C2CCN(C(=O)Nc3ccc(Cl)c(C)c3)CC2)c2ccc(F)cc2)cc1.Fc1ccc(C(=C2CCNCC2)c2ccc(F)cc2)cc1.Nc1ccc(Cl)c(C(F)(F)F)c1.O=C(OC(Cl)(Cl)Cl)OC(Cl)(Cl)Cl. The molecule has 8 nitrogen and oxygen atoms in total. The number of ether oxygens (including phenoxy) is 2. The van der Waals surface area contributed by atoms with E-state index in [-0.39, 0.29) is 34.2 Å². The van der Waals surface area contributed by atoms with E-state index >= 15 is 0 Å². The van der Waals surface area contributed by atoms with E-state index in [0.717, 1.165) is 95.6 Å². The average Bonchev–Trinajstić information content (AvgIpc) is 3.36. The maximum absolute atomic E-state index is 13.5. The standard InChI is InChI=1S/C27H26ClFN2O.C18H17F2N.C7H5ClF3N.C3Cl6O3/c1-18-3-5-20(6-4-18)26(21-7-9-23(29)10-8-21)22-13-15-31(16-14-22)27(32)30-24-11-12-25(28)19(2)17-24;19-16-5-1-13(2-6-16)18(15-9-11-21-12-10-15)14-3-7-17(20)8-4-14;8-6-2-1-4(12)3-5(6)7(9,10)11;4-2(5,6)11-1(10)12-3(7,8)9/h3-12,17H,13-16H2,1-2H3,(H,30,32);1-8,21H,9-12H2;1-3H,12H2;. The lowest BCUT2D eigenvalue weighted by Gasteiger charge is -2.30. The average molecular weight is 1230 g/mol. The third-order valence-electron chi connectivity index (χ3n) is 11.4. The van der Waals surface area contributed by atoms with Gasteiger partial charge in [0.15, 0.2) is 0 Å². The number of anilines is 2. The van der Waals surface area contributed by atoms with E-state index in [2.05, 4.69) is 51.3 Å². The molecule has 0 aromatic heterocycles. The van der Waals surface area contributed by atoms with Crippen LogP contribution in [0.15, 0.2) is 145 Å². The molecule has 6 aromatic rings. The Morgan fingerprint density at radius 3 is 1.36 bits per heavy atom. The second-order valence-corrected chi connectivity index (χ2v) is 22.2. The molecule has 0 atom stereocenters. The number of amides is 2. The van der Waals surface area contributed by atoms with Gasteiger partial charge >= 0.3 is 26.3 Å². The first kappa shape index (κ1) is 62.8. The number of hydrogen-bond acceptors (Lipinski definition) is 6. The summed E-state index contributed by atoms with van der Waals surface area (Å²) in [6, 6.07) is 36.8. The van der Waals surface area contributed by atoms with Gasteiger partial charge in [0, 0.05) is 29.5 Å². The number of benzene rings is 6. The van der Waals surface area contributed by atoms with Gasteiger partial charge in [-0.25, -0.2) is 22.8 Å². The minimum atomic E-state index is -4.44. The molecule has 77 heavy (non-hydrogen) atoms. The predicted molar refractivity (Wildman–Crippen MR) is 300 cm³/mol. The first-order valence-corrected chi connectivity index (χ1v) is 26.2. The molecule has 0 radical (unpaired) electrons. The fourth-order valence-electron chi connectivity index (χ4n) is 7.82. The summed E-state index contributed by atoms with van der Waals surface area (Å²) in [5, 5.41) is 6.65. The quantitative estimate of drug-likeness (QED) is 0.0687. The first-order chi connectivity index (χ1) is 36.1. The van der Waals surface area contributed by atoms with E-state index in [9.17, 15) is 35.9 Å². The van der Waals surface area contributed by atoms with E-state index in [1.54, 1.807) is 30.3 Å². The number of likely N-dealkylation sites (tertiary alicyclic amines) is 1. The summed E-state index contributed by atoms with van der Waals surface area (Å²) in [6.45, 7) is 7.13. The number of piperidine rings is 2. The molecule has 2 heterocycles. The van der Waals surface area contributed by atoms with Crippen molar-refractivity contribution in [3.63, 3.8) is 0 Å². The molecule has 8 rings (SSSR count). The lowest BCUT2D eigenvalue weighted by atomic mass is 9.88. The van der Waals surface area contributed by atoms with E-state index in [0.29, 0.717) is 18.1 Å². The van der Waals surface area contributed by atoms with Crippen molar-refractivity contribution in [3.8, 4) is 0 Å². The van der Waals surface area contributed by atoms with Crippen LogP contribution < -0.4 is 16.4 Å². The highest BCUT2D eigenvalue weighted by Crippen LogP contribution is 2.37. The summed E-state index contributed by atoms with van der Waals surface area (Å²) in [7, 11) is 0. The number of nitrogens with two attached hydrogens (primary N) is 1. The van der Waals surface area contributed by atoms with E-state index in [1.807, 2.05) is 36.1 Å². The van der Waals surface area contributed by atoms with E-state index in [4.69, 9.17) is 98.5 Å². The largest absolute Gasteiger partial charge is 0.515 e. The maximum atomic E-state index is 13.5. The number of rotatable bonds is 5. The molecule has 410 valence electrons. The van der Waals surface area contributed by atoms with E-state index in [1.165, 1.54) is 59.2 Å². The molecule has 0 aliphatic carbocycles. The summed E-state index contributed by atoms with van der Waals surface area (Å²) < 4.78 is 79.7. The van der Waals surface area contributed by atoms with Crippen molar-refractivity contribution < 1.29 is 45.4 Å². The van der Waals surface area contributed by atoms with Crippen LogP contribution in [0, 0.1) is 31.3 Å². The van der Waals surface area contributed by atoms with Gasteiger partial charge in [0.2, 0.25) is 0 Å². The van der Waals surface area contributed by atoms with Crippen molar-refractivity contribution in [2.75, 3.05) is 37.2 Å². The van der Waals surface area contributed by atoms with Crippen molar-refractivity contribution in [3.05, 3.63) is 211 Å². The topological polar surface area (TPSA) is 106 Å². The molecule has 2 fully saturated rings. The fraction of sp³-hybridized carbons (Fsp3) is 0.236. The molecule has 2 aliphatic heterocycles. The fourth-order valence-corrected chi connectivity index (χ4v) is 8.54. The van der Waals surface area contributed by atoms with Crippen LogP contribution in [0.3, 0.4) is 0 Å². The van der Waals surface area contributed by atoms with Crippen molar-refractivity contribution >= 4 is 128 Å². The van der Waals surface area contributed by atoms with Gasteiger partial charge in [-0.1, -0.05) is 101 Å². The predicted octanol–water partition coefficient (Wildman–Crippen LogP) is 18.1. The minimum absolute atomic E-state index is 0.0479. The van der Waals surface area contributed by atoms with Crippen molar-refractivity contribution in [1.82, 2.24) is 10.2 Å². The first-order valence-electron chi connectivity index (χ1n) is 23.1. The molecule has 22 heteroatoms. The number of aryl methyl sites for hydroxylation is 2. The molecule has 4 N–H and O–H groups in total. The Morgan fingerprint density at radius 2 is 0.974 bits per heavy atom. The summed E-state index contributed by atoms with van der Waals surface area (Å²) >= 11 is 41.6. The van der Waals surface area contributed by atoms with Crippen LogP contribution in [0.25, 0.3) is 11.1 Å². The Balaban J connectivity index is 0.000000208. The van der Waals surface area contributed by atoms with Gasteiger partial charge in [-0.3, -0.25) is 0 Å². The highest BCUT2D eigenvalue weighted by Gasteiger charge is 2.34. The van der Waals surface area contributed by atoms with Crippen LogP contribution in [-0.2, 0) is 15.7 Å². The summed E-state index contributed by atoms with van der Waals surface area (Å²) in [5.74, 6) is -0.731. The number of carbonyl (C=O) groups excluding carboxylic acids is 2. The Hall–Kier alpha value is -5.00. The lowest BCUT2D eigenvalue weighted by Crippen LogP contribution is -2.39. The zero-order valence-corrected chi connectivity index (χ0v) is 46.9. The van der Waals surface area contributed by atoms with Crippen molar-refractivity contribution in [2.24, 2.45) is 0 Å². The van der Waals surface area contributed by atoms with Gasteiger partial charge in [-0.05, 0) is 234 Å². The van der Waals surface area contributed by atoms with Crippen LogP contribution >= 0.6 is 92.8 Å². The number of halogens is 14. The van der Waals surface area contributed by atoms with Crippen LogP contribution in [-0.4, -0.2) is 51.2 Å². The number of nitrogens with one attached hydrogen (secondary N) is 2. The third kappa shape index (κ3) is 21.0. The number of carbonyl (C=O) groups is 2. The van der Waals surface area contributed by atoms with Crippen LogP contribution in [0.5, 0.6) is 0 Å². The molecule has 0 bridgehead atoms. The summed E-state index contributed by atoms with van der Waals surface area (Å²) in [5.41, 5.74) is 16.1. The lowest BCUT2D eigenvalue weighted by molar-refractivity contribution is -0.137. The van der Waals surface area contributed by atoms with Crippen LogP contribution in [0.4, 0.5) is 47.3 Å². The van der Waals surface area contributed by atoms with Gasteiger partial charge in [-0.2, -0.15) is 13.2 Å². The Kier molecular flexibility index (Phi) is 23.5. The molecule has 0 spiro atoms. The number of nitrogens with zero attached hydrogens (tertiary/aromatic N) is 1. The van der Waals surface area contributed by atoms with Crippen molar-refractivity contribution in [2.45, 2.75) is 53.7 Å². The third-order valence-corrected chi connectivity index (χ3v) is 12.6. The normalized spacial score (nSPS) is 13.6. The molecule has 2 saturated heterocycles. The molecule has 2 aliphatic rings. The second kappa shape index (κ2) is 28.8. The molecular formula is C55H48Cl8F6N4O4. The highest BCUT2D eigenvalue weighted by atomic mass is 35.6. The second-order valence-electron chi connectivity index (χ2n) is 17.1. The Morgan fingerprint density at radius 1 is 0.571 bits per heavy atom. The van der Waals surface area contributed by atoms with Gasteiger partial charge < -0.3 is 30.7 Å². The van der Waals surface area contributed by atoms with Crippen molar-refractivity contribution in [1.29, 1.82) is 0 Å². The smallest absolute Gasteiger partial charge is 0.399 e. The van der Waals surface area contributed by atoms with Gasteiger partial charge in [-0.15, -0.1) is 0 Å². The number of urea groups is 1. The zero-order valence-electron chi connectivity index (χ0n) is 40.8.